The topological polar surface area (TPSA) is 106 Å². The number of β-amino-alcohol motifs (C(OH)–C–C–N with tert-alkyl or cyclic N) is 1. The van der Waals surface area contributed by atoms with E-state index in [0.717, 1.165) is 34.7 Å². The zero-order valence-corrected chi connectivity index (χ0v) is 35.1. The average molecular weight is 859 g/mol. The molecule has 6 aromatic carbocycles. The van der Waals surface area contributed by atoms with Crippen molar-refractivity contribution < 1.29 is 41.8 Å². The highest BCUT2D eigenvalue weighted by Gasteiger charge is 2.58. The second-order valence-corrected chi connectivity index (χ2v) is 17.1. The van der Waals surface area contributed by atoms with E-state index in [1.54, 1.807) is 29.2 Å². The first-order valence-corrected chi connectivity index (χ1v) is 21.2. The molecule has 8 aromatic rings. The molecule has 2 fully saturated rings. The molecule has 2 aromatic heterocycles. The molecule has 0 saturated carbocycles. The van der Waals surface area contributed by atoms with Crippen molar-refractivity contribution in [3.05, 3.63) is 191 Å². The largest absolute Gasteiger partial charge is 0.466 e. The fraction of sp³-hybridized carbons (Fsp3) is 0.208. The third kappa shape index (κ3) is 8.21. The minimum absolute atomic E-state index is 0.00479. The molecule has 0 bridgehead atoms. The van der Waals surface area contributed by atoms with Crippen LogP contribution in [0.3, 0.4) is 0 Å². The van der Waals surface area contributed by atoms with Crippen molar-refractivity contribution >= 4 is 33.9 Å². The number of likely N-dealkylation sites (tertiary alicyclic amines) is 2. The number of carbonyl (C=O) groups excluding carboxylic acids is 2. The molecule has 0 spiro atoms. The van der Waals surface area contributed by atoms with E-state index in [-0.39, 0.29) is 39.3 Å². The van der Waals surface area contributed by atoms with E-state index in [2.05, 4.69) is 36.4 Å². The number of fused-ring (bicyclic) bond motifs is 2. The number of carbonyl (C=O) groups is 2. The number of hydrogen-bond donors (Lipinski definition) is 1. The Morgan fingerprint density at radius 2 is 1.02 bits per heavy atom. The van der Waals surface area contributed by atoms with E-state index in [4.69, 9.17) is 18.3 Å². The Bertz CT molecular complexity index is 3020. The Kier molecular flexibility index (Phi) is 10.7. The summed E-state index contributed by atoms with van der Waals surface area (Å²) < 4.78 is 53.9. The molecular formula is C53H44F2N2O7. The second-order valence-electron chi connectivity index (χ2n) is 17.1. The van der Waals surface area contributed by atoms with Gasteiger partial charge in [-0.3, -0.25) is 9.80 Å². The van der Waals surface area contributed by atoms with Gasteiger partial charge in [-0.05, 0) is 107 Å². The van der Waals surface area contributed by atoms with E-state index in [9.17, 15) is 14.7 Å². The first-order valence-electron chi connectivity index (χ1n) is 21.2. The van der Waals surface area contributed by atoms with E-state index in [1.807, 2.05) is 77.7 Å². The predicted molar refractivity (Wildman–Crippen MR) is 238 cm³/mol. The third-order valence-corrected chi connectivity index (χ3v) is 12.2. The number of aliphatic hydroxyl groups is 1. The van der Waals surface area contributed by atoms with Gasteiger partial charge in [-0.2, -0.15) is 0 Å². The van der Waals surface area contributed by atoms with Crippen LogP contribution in [0.15, 0.2) is 154 Å². The van der Waals surface area contributed by atoms with E-state index < -0.39 is 34.8 Å². The maximum atomic E-state index is 15.6. The molecule has 322 valence electrons. The maximum Gasteiger partial charge on any atom is 0.353 e. The highest BCUT2D eigenvalue weighted by Crippen LogP contribution is 2.36. The molecule has 11 heteroatoms. The van der Waals surface area contributed by atoms with Gasteiger partial charge >= 0.3 is 11.9 Å². The van der Waals surface area contributed by atoms with E-state index in [1.165, 1.54) is 30.4 Å². The van der Waals surface area contributed by atoms with Crippen LogP contribution in [-0.4, -0.2) is 71.3 Å². The minimum atomic E-state index is -1.87. The average Bonchev–Trinajstić information content (AvgIpc) is 3.89. The predicted octanol–water partition coefficient (Wildman–Crippen LogP) is 9.49. The molecule has 1 N–H and O–H groups in total. The summed E-state index contributed by atoms with van der Waals surface area (Å²) in [4.78, 5) is 30.0. The number of esters is 2. The van der Waals surface area contributed by atoms with Crippen molar-refractivity contribution in [3.8, 4) is 22.6 Å². The molecule has 9 nitrogen and oxygen atoms in total. The number of rotatable bonds is 13. The normalized spacial score (nSPS) is 15.8. The highest BCUT2D eigenvalue weighted by molar-refractivity contribution is 5.89. The summed E-state index contributed by atoms with van der Waals surface area (Å²) in [6.45, 7) is 0.390. The van der Waals surface area contributed by atoms with Crippen LogP contribution in [0.1, 0.15) is 33.4 Å². The van der Waals surface area contributed by atoms with Gasteiger partial charge in [0.15, 0.2) is 5.60 Å². The second kappa shape index (κ2) is 16.7. The van der Waals surface area contributed by atoms with Gasteiger partial charge in [0, 0.05) is 37.0 Å². The van der Waals surface area contributed by atoms with Crippen LogP contribution in [0.5, 0.6) is 0 Å². The van der Waals surface area contributed by atoms with Gasteiger partial charge in [0.05, 0.1) is 31.3 Å². The van der Waals surface area contributed by atoms with Gasteiger partial charge in [-0.1, -0.05) is 84.9 Å². The lowest BCUT2D eigenvalue weighted by Crippen LogP contribution is -2.72. The Balaban J connectivity index is 0.734. The smallest absolute Gasteiger partial charge is 0.353 e. The number of hydrogen-bond acceptors (Lipinski definition) is 9. The maximum absolute atomic E-state index is 15.6. The fourth-order valence-electron chi connectivity index (χ4n) is 8.98. The number of methoxy groups -OCH3 is 1. The third-order valence-electron chi connectivity index (χ3n) is 12.2. The Hall–Kier alpha value is -6.92. The van der Waals surface area contributed by atoms with Gasteiger partial charge in [-0.15, -0.1) is 0 Å². The van der Waals surface area contributed by atoms with Crippen molar-refractivity contribution in [1.82, 2.24) is 9.80 Å². The number of ether oxygens (including phenoxy) is 2. The van der Waals surface area contributed by atoms with Gasteiger partial charge in [0.2, 0.25) is 5.60 Å². The monoisotopic (exact) mass is 858 g/mol. The van der Waals surface area contributed by atoms with Crippen LogP contribution in [0.4, 0.5) is 8.78 Å². The molecule has 0 atom stereocenters. The molecule has 0 amide bonds. The van der Waals surface area contributed by atoms with Crippen LogP contribution >= 0.6 is 0 Å². The summed E-state index contributed by atoms with van der Waals surface area (Å²) in [7, 11) is 1.21. The first-order chi connectivity index (χ1) is 31.0. The summed E-state index contributed by atoms with van der Waals surface area (Å²) in [5.74, 6) is -1.76. The standard InChI is InChI=1S/C53H44F2N2O7/c1-61-51(59)53(32-57(33-53)29-39-13-17-43(45(55)25-39)49-27-41-23-37(15-19-47(41)63-49)21-35-10-6-3-7-11-35)64-50(58)52(60)30-56(31-52)28-38-12-16-42(44(54)24-38)48-26-40-22-36(14-18-46(40)62-48)20-34-8-4-2-5-9-34/h2-19,22-27,60H,20-21,28-33H2,1H3. The Morgan fingerprint density at radius 3 is 1.47 bits per heavy atom. The van der Waals surface area contributed by atoms with Crippen molar-refractivity contribution in [2.45, 2.75) is 37.1 Å². The lowest BCUT2D eigenvalue weighted by molar-refractivity contribution is -0.223. The van der Waals surface area contributed by atoms with E-state index >= 15 is 8.78 Å². The van der Waals surface area contributed by atoms with Crippen LogP contribution in [0.2, 0.25) is 0 Å². The summed E-state index contributed by atoms with van der Waals surface area (Å²) in [6.07, 6.45) is 1.55. The fourth-order valence-corrected chi connectivity index (χ4v) is 8.98. The molecular weight excluding hydrogens is 815 g/mol. The highest BCUT2D eigenvalue weighted by atomic mass is 19.1. The van der Waals surface area contributed by atoms with Gasteiger partial charge in [0.1, 0.15) is 34.3 Å². The Labute approximate surface area is 368 Å². The summed E-state index contributed by atoms with van der Waals surface area (Å²) in [6, 6.07) is 45.7. The zero-order valence-electron chi connectivity index (χ0n) is 35.1. The van der Waals surface area contributed by atoms with Crippen molar-refractivity contribution in [1.29, 1.82) is 0 Å². The number of halogens is 2. The van der Waals surface area contributed by atoms with E-state index in [0.29, 0.717) is 44.9 Å². The van der Waals surface area contributed by atoms with Gasteiger partial charge in [0.25, 0.3) is 0 Å². The van der Waals surface area contributed by atoms with Crippen LogP contribution in [-0.2, 0) is 45.0 Å². The molecule has 4 heterocycles. The molecule has 0 aliphatic carbocycles. The first kappa shape index (κ1) is 41.1. The van der Waals surface area contributed by atoms with Crippen LogP contribution in [0, 0.1) is 11.6 Å². The lowest BCUT2D eigenvalue weighted by Gasteiger charge is -2.50. The molecule has 10 rings (SSSR count). The van der Waals surface area contributed by atoms with Crippen molar-refractivity contribution in [2.24, 2.45) is 0 Å². The van der Waals surface area contributed by atoms with Crippen LogP contribution in [0.25, 0.3) is 44.6 Å². The van der Waals surface area contributed by atoms with Gasteiger partial charge < -0.3 is 23.4 Å². The number of furan rings is 2. The van der Waals surface area contributed by atoms with Crippen LogP contribution < -0.4 is 0 Å². The summed E-state index contributed by atoms with van der Waals surface area (Å²) in [5.41, 5.74) is 4.42. The van der Waals surface area contributed by atoms with Crippen molar-refractivity contribution in [3.63, 3.8) is 0 Å². The number of benzene rings is 6. The lowest BCUT2D eigenvalue weighted by atomic mass is 9.90. The SMILES string of the molecule is COC(=O)C1(OC(=O)C2(O)CN(Cc3ccc(-c4cc5cc(Cc6ccccc6)ccc5o4)c(F)c3)C2)CN(Cc2ccc(-c3cc4cc(Cc5ccccc5)ccc4o3)c(F)c2)C1. The summed E-state index contributed by atoms with van der Waals surface area (Å²) in [5, 5.41) is 13.0. The molecule has 2 aliphatic rings. The van der Waals surface area contributed by atoms with Crippen molar-refractivity contribution in [2.75, 3.05) is 33.3 Å². The molecule has 2 aliphatic heterocycles. The molecule has 0 radical (unpaired) electrons. The minimum Gasteiger partial charge on any atom is -0.466 e. The zero-order chi connectivity index (χ0) is 44.0. The quantitative estimate of drug-likeness (QED) is 0.114. The molecule has 0 unspecified atom stereocenters. The molecule has 2 saturated heterocycles. The summed E-state index contributed by atoms with van der Waals surface area (Å²) >= 11 is 0. The molecule has 64 heavy (non-hydrogen) atoms. The van der Waals surface area contributed by atoms with Gasteiger partial charge in [-0.25, -0.2) is 18.4 Å². The Morgan fingerprint density at radius 1 is 0.562 bits per heavy atom. The number of nitrogens with zero attached hydrogens (tertiary/aromatic N) is 2.